The summed E-state index contributed by atoms with van der Waals surface area (Å²) >= 11 is 1.73. The quantitative estimate of drug-likeness (QED) is 0.0530. The second-order valence-corrected chi connectivity index (χ2v) is 57.9. The van der Waals surface area contributed by atoms with Crippen molar-refractivity contribution in [2.75, 3.05) is 0 Å². The van der Waals surface area contributed by atoms with E-state index in [0.29, 0.717) is 11.8 Å². The number of hydrogen-bond acceptors (Lipinski definition) is 10. The van der Waals surface area contributed by atoms with Crippen molar-refractivity contribution in [1.29, 1.82) is 0 Å². The molecule has 21 aromatic rings. The summed E-state index contributed by atoms with van der Waals surface area (Å²) in [5.41, 5.74) is 26.5. The first-order valence-electron chi connectivity index (χ1n) is 48.4. The van der Waals surface area contributed by atoms with Crippen LogP contribution in [0.3, 0.4) is 0 Å². The van der Waals surface area contributed by atoms with Crippen LogP contribution in [0.4, 0.5) is 0 Å². The molecule has 0 amide bonds. The van der Waals surface area contributed by atoms with Gasteiger partial charge in [0.05, 0.1) is 29.8 Å². The molecule has 0 aliphatic heterocycles. The van der Waals surface area contributed by atoms with E-state index in [2.05, 4.69) is 395 Å². The summed E-state index contributed by atoms with van der Waals surface area (Å²) in [6.45, 7) is 44.4. The smallest absolute Gasteiger partial charge is 0.121 e. The van der Waals surface area contributed by atoms with Crippen LogP contribution in [0.1, 0.15) is 90.6 Å². The van der Waals surface area contributed by atoms with Crippen LogP contribution >= 0.6 is 11.3 Å². The van der Waals surface area contributed by atoms with Crippen molar-refractivity contribution >= 4 is 115 Å². The Bertz CT molecular complexity index is 7830. The van der Waals surface area contributed by atoms with E-state index in [1.54, 1.807) is 17.5 Å². The van der Waals surface area contributed by atoms with E-state index >= 15 is 0 Å². The second-order valence-electron chi connectivity index (χ2n) is 41.7. The molecule has 10 heterocycles. The normalized spacial score (nSPS) is 11.7. The Morgan fingerprint density at radius 1 is 0.364 bits per heavy atom. The second kappa shape index (κ2) is 48.0. The van der Waals surface area contributed by atoms with Crippen LogP contribution in [0.5, 0.6) is 0 Å². The van der Waals surface area contributed by atoms with Crippen LogP contribution in [0.25, 0.3) is 165 Å². The summed E-state index contributed by atoms with van der Waals surface area (Å²) < 4.78 is 7.29. The van der Waals surface area contributed by atoms with Gasteiger partial charge in [0, 0.05) is 109 Å². The van der Waals surface area contributed by atoms with Gasteiger partial charge in [-0.05, 0) is 195 Å². The van der Waals surface area contributed by atoms with Crippen LogP contribution in [0.2, 0.25) is 58.9 Å². The third-order valence-electron chi connectivity index (χ3n) is 25.1. The molecule has 10 aromatic heterocycles. The van der Waals surface area contributed by atoms with Gasteiger partial charge in [0.2, 0.25) is 0 Å². The van der Waals surface area contributed by atoms with Crippen molar-refractivity contribution in [1.82, 2.24) is 39.9 Å². The Kier molecular flexibility index (Phi) is 36.2. The van der Waals surface area contributed by atoms with Crippen molar-refractivity contribution in [3.8, 4) is 101 Å². The molecular weight excluding hydrogens is 2350 g/mol. The molecule has 1 atom stereocenters. The van der Waals surface area contributed by atoms with E-state index in [0.717, 1.165) is 130 Å². The van der Waals surface area contributed by atoms with Gasteiger partial charge in [-0.3, -0.25) is 0 Å². The Labute approximate surface area is 893 Å². The van der Waals surface area contributed by atoms with E-state index in [1.165, 1.54) is 86.0 Å². The van der Waals surface area contributed by atoms with Gasteiger partial charge >= 0.3 is 0 Å². The number of rotatable bonds is 16. The molecule has 21 rings (SSSR count). The molecule has 0 aliphatic rings. The fourth-order valence-electron chi connectivity index (χ4n) is 17.6. The summed E-state index contributed by atoms with van der Waals surface area (Å²) in [6.07, 6.45) is 19.0. The maximum atomic E-state index is 6.07. The van der Waals surface area contributed by atoms with Gasteiger partial charge in [-0.1, -0.05) is 348 Å². The zero-order valence-electron chi connectivity index (χ0n) is 85.0. The molecule has 0 saturated carbocycles. The number of thiophene rings is 1. The number of benzene rings is 11. The minimum absolute atomic E-state index is 0. The van der Waals surface area contributed by atoms with E-state index in [1.807, 2.05) is 147 Å². The third-order valence-corrected chi connectivity index (χ3v) is 32.4. The molecule has 0 fully saturated rings. The largest absolute Gasteiger partial charge is 0.500 e. The molecule has 3 radical (unpaired) electrons. The van der Waals surface area contributed by atoms with Crippen molar-refractivity contribution in [2.45, 2.75) is 147 Å². The molecular formula is C127H122Ir3N8OSSi3-6. The Hall–Kier alpha value is -12.2. The average molecular weight is 2470 g/mol. The summed E-state index contributed by atoms with van der Waals surface area (Å²) in [7, 11) is -4.13. The van der Waals surface area contributed by atoms with Crippen LogP contribution in [0.15, 0.2) is 363 Å². The molecule has 0 spiro atoms. The first-order valence-corrected chi connectivity index (χ1v) is 59.7. The molecule has 0 N–H and O–H groups in total. The number of hydrogen-bond donors (Lipinski definition) is 0. The standard InChI is InChI=1S/C25H16N.C23H15N2S.C22H13N2O.C20H28NSi.C19H26NSi.C18H24NSi.3Ir/c1-2-6-18(7-3-1)21-14-15-26-25(17-21)22-13-12-20-11-10-19-8-4-5-9-23(19)24(20)16-22;1-15-10-11-19-22-18(8-5-9-21(22)26-23(19)25-15)20-14-17(12-13-24-20)16-6-3-2-4-7-16;1-2-6-15(7-3-1)16-10-11-24-20(12-16)19-14-23-13-18-17-8-4-5-9-21(17)25-22(18)19;1-15(20(2,3)4)17-13-18(16-11-9-8-10-12-16)21-14-19(17)22(5,6)7;1-19(2,3)13-16-12-17(15-10-8-7-9-11-15)20-14-18(16)21(4,5)6;1-14(2)11-16-12-17(15-9-7-6-8-10-15)19-13-18(16)20(3,4)5;;;/h1-12,14-17H;2-7,9-14H,1H3;1-13H;8-11,13-15H,1-7H3;7-10,12,14H,13H2,1-6H3;6-9,12-14H,11H2,1-5H3;;;/q6*-1;;;. The maximum Gasteiger partial charge on any atom is 0.121 e. The van der Waals surface area contributed by atoms with E-state index in [9.17, 15) is 0 Å². The Morgan fingerprint density at radius 2 is 0.825 bits per heavy atom. The van der Waals surface area contributed by atoms with Gasteiger partial charge in [-0.2, -0.15) is 0 Å². The SMILES string of the molecule is CC(C)(C)Cc1cc(-c2[c-]cccc2)ncc1[Si](C)(C)C.CC(C)Cc1cc(-c2[c-]cccc2)ncc1[Si](C)(C)C.CC(c1cc(-c2[c-]cccc2)ncc1[Si](C)(C)C)C(C)(C)C.Cc1ccc2c(n1)sc1cc[c-]c(-c3cc(-c4ccccc4)ccn3)c12.[Ir].[Ir].[Ir].[c-]1cc2ccc3ccccc3c2cc1-c1cc(-c2ccccc2)ccn1.[c-]1ncc2c(oc3ccccc32)c1-c1cc(-c2ccccc2)ccn1. The van der Waals surface area contributed by atoms with E-state index in [4.69, 9.17) is 19.4 Å². The number of pyridine rings is 8. The molecule has 0 aliphatic carbocycles. The predicted molar refractivity (Wildman–Crippen MR) is 601 cm³/mol. The number of fused-ring (bicyclic) bond motifs is 9. The number of nitrogens with zero attached hydrogens (tertiary/aromatic N) is 8. The van der Waals surface area contributed by atoms with Crippen molar-refractivity contribution in [3.05, 3.63) is 418 Å². The summed E-state index contributed by atoms with van der Waals surface area (Å²) in [4.78, 5) is 38.0. The molecule has 0 bridgehead atoms. The molecule has 0 saturated heterocycles. The number of furan rings is 1. The van der Waals surface area contributed by atoms with Gasteiger partial charge in [0.15, 0.2) is 0 Å². The van der Waals surface area contributed by atoms with Crippen LogP contribution in [-0.2, 0) is 73.2 Å². The number of aromatic nitrogens is 8. The molecule has 16 heteroatoms. The molecule has 143 heavy (non-hydrogen) atoms. The van der Waals surface area contributed by atoms with Crippen molar-refractivity contribution in [2.24, 2.45) is 16.7 Å². The summed E-state index contributed by atoms with van der Waals surface area (Å²) in [5.74, 6) is 1.17. The van der Waals surface area contributed by atoms with Gasteiger partial charge in [-0.15, -0.1) is 167 Å². The van der Waals surface area contributed by atoms with Crippen LogP contribution in [0, 0.1) is 60.2 Å². The zero-order chi connectivity index (χ0) is 98.5. The monoisotopic (exact) mass is 2470 g/mol. The zero-order valence-corrected chi connectivity index (χ0v) is 96.0. The van der Waals surface area contributed by atoms with Gasteiger partial charge in [-0.25, -0.2) is 4.98 Å². The van der Waals surface area contributed by atoms with Crippen LogP contribution < -0.4 is 15.6 Å². The topological polar surface area (TPSA) is 116 Å². The minimum Gasteiger partial charge on any atom is -0.500 e. The van der Waals surface area contributed by atoms with Crippen molar-refractivity contribution < 1.29 is 64.7 Å². The third kappa shape index (κ3) is 27.3. The number of aryl methyl sites for hydroxylation is 1. The first-order chi connectivity index (χ1) is 67.2. The Morgan fingerprint density at radius 3 is 1.34 bits per heavy atom. The Balaban J connectivity index is 0.000000144. The molecule has 9 nitrogen and oxygen atoms in total. The minimum atomic E-state index is -1.42. The van der Waals surface area contributed by atoms with E-state index < -0.39 is 24.2 Å². The summed E-state index contributed by atoms with van der Waals surface area (Å²) in [6, 6.07) is 125. The fraction of sp³-hybridized carbons (Fsp3) is 0.197. The predicted octanol–water partition coefficient (Wildman–Crippen LogP) is 32.5. The average Bonchev–Trinajstić information content (AvgIpc) is 1.65. The fourth-order valence-corrected chi connectivity index (χ4v) is 23.5. The van der Waals surface area contributed by atoms with Crippen LogP contribution in [-0.4, -0.2) is 64.1 Å². The molecule has 1 unspecified atom stereocenters. The maximum absolute atomic E-state index is 6.07. The van der Waals surface area contributed by atoms with Gasteiger partial charge in [0.25, 0.3) is 0 Å². The van der Waals surface area contributed by atoms with Gasteiger partial charge < -0.3 is 39.3 Å². The molecule has 727 valence electrons. The van der Waals surface area contributed by atoms with Crippen molar-refractivity contribution in [3.63, 3.8) is 0 Å². The number of para-hydroxylation sites is 1. The van der Waals surface area contributed by atoms with E-state index in [-0.39, 0.29) is 71.1 Å². The van der Waals surface area contributed by atoms with Gasteiger partial charge in [0.1, 0.15) is 10.4 Å². The molecule has 11 aromatic carbocycles. The first kappa shape index (κ1) is 108. The summed E-state index contributed by atoms with van der Waals surface area (Å²) in [5, 5.41) is 13.8.